The molecule has 3 N–H and O–H groups in total. The van der Waals surface area contributed by atoms with Gasteiger partial charge in [-0.2, -0.15) is 0 Å². The zero-order valence-corrected chi connectivity index (χ0v) is 12.1. The van der Waals surface area contributed by atoms with Crippen LogP contribution in [0.5, 0.6) is 11.5 Å². The molecular formula is C16H15ClN2O2. The van der Waals surface area contributed by atoms with Gasteiger partial charge in [0, 0.05) is 12.0 Å². The first-order chi connectivity index (χ1) is 10.1. The maximum Gasteiger partial charge on any atom is 0.138 e. The van der Waals surface area contributed by atoms with E-state index in [1.54, 1.807) is 18.2 Å². The molecule has 1 aliphatic heterocycles. The molecule has 0 saturated heterocycles. The van der Waals surface area contributed by atoms with Crippen LogP contribution >= 0.6 is 11.6 Å². The summed E-state index contributed by atoms with van der Waals surface area (Å²) in [5, 5.41) is 7.82. The molecule has 0 bridgehead atoms. The third-order valence-corrected chi connectivity index (χ3v) is 3.68. The minimum absolute atomic E-state index is 0.00838. The van der Waals surface area contributed by atoms with Crippen LogP contribution in [-0.4, -0.2) is 18.5 Å². The summed E-state index contributed by atoms with van der Waals surface area (Å²) in [7, 11) is 0. The van der Waals surface area contributed by atoms with Crippen molar-refractivity contribution >= 4 is 17.4 Å². The molecule has 0 spiro atoms. The monoisotopic (exact) mass is 302 g/mol. The smallest absolute Gasteiger partial charge is 0.138 e. The van der Waals surface area contributed by atoms with Crippen molar-refractivity contribution in [1.29, 1.82) is 5.41 Å². The van der Waals surface area contributed by atoms with Crippen LogP contribution in [0.3, 0.4) is 0 Å². The van der Waals surface area contributed by atoms with E-state index in [4.69, 9.17) is 32.2 Å². The van der Waals surface area contributed by atoms with E-state index in [0.717, 1.165) is 12.2 Å². The first-order valence-electron chi connectivity index (χ1n) is 6.65. The van der Waals surface area contributed by atoms with E-state index in [2.05, 4.69) is 6.07 Å². The van der Waals surface area contributed by atoms with Crippen LogP contribution in [0.2, 0.25) is 5.02 Å². The predicted molar refractivity (Wildman–Crippen MR) is 82.5 cm³/mol. The van der Waals surface area contributed by atoms with E-state index in [-0.39, 0.29) is 11.9 Å². The molecule has 1 heterocycles. The van der Waals surface area contributed by atoms with E-state index < -0.39 is 0 Å². The summed E-state index contributed by atoms with van der Waals surface area (Å²) in [6.45, 7) is 0.424. The minimum Gasteiger partial charge on any atom is -0.488 e. The fraction of sp³-hybridized carbons (Fsp3) is 0.188. The molecule has 0 aromatic heterocycles. The zero-order valence-electron chi connectivity index (χ0n) is 11.3. The van der Waals surface area contributed by atoms with Crippen LogP contribution in [-0.2, 0) is 6.42 Å². The number of rotatable bonds is 4. The van der Waals surface area contributed by atoms with E-state index in [1.165, 1.54) is 5.56 Å². The highest BCUT2D eigenvalue weighted by Gasteiger charge is 2.23. The molecule has 1 aliphatic rings. The fourth-order valence-corrected chi connectivity index (χ4v) is 2.55. The minimum atomic E-state index is -0.0157. The molecule has 4 nitrogen and oxygen atoms in total. The number of fused-ring (bicyclic) bond motifs is 1. The normalized spacial score (nSPS) is 16.1. The molecule has 2 aromatic carbocycles. The van der Waals surface area contributed by atoms with Crippen molar-refractivity contribution < 1.29 is 9.47 Å². The summed E-state index contributed by atoms with van der Waals surface area (Å²) < 4.78 is 11.5. The molecule has 0 amide bonds. The number of hydrogen-bond donors (Lipinski definition) is 2. The predicted octanol–water partition coefficient (Wildman–Crippen LogP) is 3.01. The zero-order chi connectivity index (χ0) is 14.8. The van der Waals surface area contributed by atoms with Gasteiger partial charge in [0.25, 0.3) is 0 Å². The number of benzene rings is 2. The first kappa shape index (κ1) is 13.8. The topological polar surface area (TPSA) is 68.3 Å². The van der Waals surface area contributed by atoms with E-state index in [0.29, 0.717) is 22.9 Å². The lowest BCUT2D eigenvalue weighted by Gasteiger charge is -2.13. The molecule has 0 radical (unpaired) electrons. The molecule has 0 saturated carbocycles. The Morgan fingerprint density at radius 3 is 2.86 bits per heavy atom. The summed E-state index contributed by atoms with van der Waals surface area (Å²) in [6, 6.07) is 13.1. The maximum atomic E-state index is 7.37. The van der Waals surface area contributed by atoms with Gasteiger partial charge in [-0.3, -0.25) is 5.41 Å². The van der Waals surface area contributed by atoms with Crippen LogP contribution < -0.4 is 15.2 Å². The van der Waals surface area contributed by atoms with Gasteiger partial charge in [-0.1, -0.05) is 29.8 Å². The van der Waals surface area contributed by atoms with Gasteiger partial charge in [0.15, 0.2) is 0 Å². The SMILES string of the molecule is N=C(N)c1ccc(OCC2Cc3ccccc3O2)c(Cl)c1. The van der Waals surface area contributed by atoms with E-state index in [9.17, 15) is 0 Å². The molecule has 3 rings (SSSR count). The number of halogens is 1. The number of hydrogen-bond acceptors (Lipinski definition) is 3. The van der Waals surface area contributed by atoms with Gasteiger partial charge < -0.3 is 15.2 Å². The highest BCUT2D eigenvalue weighted by molar-refractivity contribution is 6.32. The number of nitrogens with one attached hydrogen (secondary N) is 1. The average molecular weight is 303 g/mol. The molecule has 0 fully saturated rings. The standard InChI is InChI=1S/C16H15ClN2O2/c17-13-8-11(16(18)19)5-6-15(13)20-9-12-7-10-3-1-2-4-14(10)21-12/h1-6,8,12H,7,9H2,(H3,18,19). The summed E-state index contributed by atoms with van der Waals surface area (Å²) in [5.41, 5.74) is 7.20. The van der Waals surface area contributed by atoms with Gasteiger partial charge in [0.2, 0.25) is 0 Å². The number of nitrogens with two attached hydrogens (primary N) is 1. The molecule has 108 valence electrons. The maximum absolute atomic E-state index is 7.37. The third-order valence-electron chi connectivity index (χ3n) is 3.38. The Kier molecular flexibility index (Phi) is 3.71. The van der Waals surface area contributed by atoms with Crippen molar-refractivity contribution in [1.82, 2.24) is 0 Å². The van der Waals surface area contributed by atoms with Crippen LogP contribution in [0.25, 0.3) is 0 Å². The summed E-state index contributed by atoms with van der Waals surface area (Å²) >= 11 is 6.13. The second kappa shape index (κ2) is 5.66. The van der Waals surface area contributed by atoms with Gasteiger partial charge in [0.05, 0.1) is 5.02 Å². The first-order valence-corrected chi connectivity index (χ1v) is 7.02. The second-order valence-corrected chi connectivity index (χ2v) is 5.33. The Balaban J connectivity index is 1.63. The van der Waals surface area contributed by atoms with E-state index in [1.807, 2.05) is 18.2 Å². The lowest BCUT2D eigenvalue weighted by molar-refractivity contribution is 0.148. The van der Waals surface area contributed by atoms with Crippen molar-refractivity contribution in [2.45, 2.75) is 12.5 Å². The number of nitrogen functional groups attached to an aromatic ring is 1. The average Bonchev–Trinajstić information content (AvgIpc) is 2.88. The molecule has 5 heteroatoms. The van der Waals surface area contributed by atoms with Crippen molar-refractivity contribution in [3.63, 3.8) is 0 Å². The van der Waals surface area contributed by atoms with Crippen LogP contribution in [0, 0.1) is 5.41 Å². The number of amidine groups is 1. The van der Waals surface area contributed by atoms with Crippen molar-refractivity contribution in [3.8, 4) is 11.5 Å². The highest BCUT2D eigenvalue weighted by atomic mass is 35.5. The Morgan fingerprint density at radius 1 is 1.33 bits per heavy atom. The fourth-order valence-electron chi connectivity index (χ4n) is 2.32. The Labute approximate surface area is 127 Å². The van der Waals surface area contributed by atoms with Gasteiger partial charge >= 0.3 is 0 Å². The third kappa shape index (κ3) is 2.95. The summed E-state index contributed by atoms with van der Waals surface area (Å²) in [6.07, 6.45) is 0.824. The molecule has 1 atom stereocenters. The van der Waals surface area contributed by atoms with E-state index >= 15 is 0 Å². The van der Waals surface area contributed by atoms with Crippen LogP contribution in [0.4, 0.5) is 0 Å². The number of ether oxygens (including phenoxy) is 2. The van der Waals surface area contributed by atoms with Gasteiger partial charge in [-0.25, -0.2) is 0 Å². The van der Waals surface area contributed by atoms with Crippen LogP contribution in [0.1, 0.15) is 11.1 Å². The second-order valence-electron chi connectivity index (χ2n) is 4.92. The highest BCUT2D eigenvalue weighted by Crippen LogP contribution is 2.30. The lowest BCUT2D eigenvalue weighted by atomic mass is 10.1. The van der Waals surface area contributed by atoms with Crippen molar-refractivity contribution in [2.24, 2.45) is 5.73 Å². The summed E-state index contributed by atoms with van der Waals surface area (Å²) in [5.74, 6) is 1.48. The largest absolute Gasteiger partial charge is 0.488 e. The Bertz CT molecular complexity index is 663. The Hall–Kier alpha value is -2.20. The molecular weight excluding hydrogens is 288 g/mol. The lowest BCUT2D eigenvalue weighted by Crippen LogP contribution is -2.22. The van der Waals surface area contributed by atoms with Crippen molar-refractivity contribution in [2.75, 3.05) is 6.61 Å². The van der Waals surface area contributed by atoms with Gasteiger partial charge in [0.1, 0.15) is 30.0 Å². The van der Waals surface area contributed by atoms with Crippen LogP contribution in [0.15, 0.2) is 42.5 Å². The molecule has 21 heavy (non-hydrogen) atoms. The number of para-hydroxylation sites is 1. The van der Waals surface area contributed by atoms with Crippen molar-refractivity contribution in [3.05, 3.63) is 58.6 Å². The van der Waals surface area contributed by atoms with Gasteiger partial charge in [-0.15, -0.1) is 0 Å². The van der Waals surface area contributed by atoms with Gasteiger partial charge in [-0.05, 0) is 29.8 Å². The molecule has 0 aliphatic carbocycles. The molecule has 1 unspecified atom stereocenters. The summed E-state index contributed by atoms with van der Waals surface area (Å²) in [4.78, 5) is 0. The Morgan fingerprint density at radius 2 is 2.14 bits per heavy atom. The molecule has 2 aromatic rings. The quantitative estimate of drug-likeness (QED) is 0.674.